The zero-order valence-corrected chi connectivity index (χ0v) is 18.6. The molecule has 164 valence electrons. The minimum Gasteiger partial charge on any atom is -0.353 e. The fourth-order valence-electron chi connectivity index (χ4n) is 4.42. The van der Waals surface area contributed by atoms with Crippen LogP contribution in [0.2, 0.25) is 0 Å². The summed E-state index contributed by atoms with van der Waals surface area (Å²) in [6, 6.07) is 2.69. The molecule has 1 unspecified atom stereocenters. The van der Waals surface area contributed by atoms with Crippen LogP contribution in [-0.4, -0.2) is 48.9 Å². The van der Waals surface area contributed by atoms with Crippen molar-refractivity contribution in [2.45, 2.75) is 31.1 Å². The van der Waals surface area contributed by atoms with Crippen LogP contribution in [0.25, 0.3) is 10.2 Å². The molecule has 1 atom stereocenters. The van der Waals surface area contributed by atoms with Gasteiger partial charge in [-0.25, -0.2) is 27.2 Å². The van der Waals surface area contributed by atoms with E-state index >= 15 is 0 Å². The smallest absolute Gasteiger partial charge is 0.243 e. The number of piperazine rings is 1. The summed E-state index contributed by atoms with van der Waals surface area (Å²) in [6.07, 6.45) is 4.80. The molecule has 0 bridgehead atoms. The SMILES string of the molecule is CC1CCc2c(sc3ncnc(N4CCN(S(=O)(=O)c5ccc(F)c(F)c5)CC4)c23)C1. The van der Waals surface area contributed by atoms with Gasteiger partial charge < -0.3 is 4.90 Å². The Kier molecular flexibility index (Phi) is 5.18. The maximum absolute atomic E-state index is 13.6. The number of hydrogen-bond donors (Lipinski definition) is 0. The van der Waals surface area contributed by atoms with E-state index in [0.29, 0.717) is 19.0 Å². The number of halogens is 2. The Morgan fingerprint density at radius 2 is 1.87 bits per heavy atom. The molecule has 1 aliphatic carbocycles. The van der Waals surface area contributed by atoms with E-state index < -0.39 is 21.7 Å². The van der Waals surface area contributed by atoms with Gasteiger partial charge in [-0.1, -0.05) is 6.92 Å². The van der Waals surface area contributed by atoms with Gasteiger partial charge >= 0.3 is 0 Å². The summed E-state index contributed by atoms with van der Waals surface area (Å²) < 4.78 is 53.9. The highest BCUT2D eigenvalue weighted by atomic mass is 32.2. The van der Waals surface area contributed by atoms with Crippen molar-refractivity contribution in [1.82, 2.24) is 14.3 Å². The fraction of sp³-hybridized carbons (Fsp3) is 0.429. The van der Waals surface area contributed by atoms with Crippen molar-refractivity contribution < 1.29 is 17.2 Å². The zero-order valence-electron chi connectivity index (χ0n) is 17.0. The van der Waals surface area contributed by atoms with Crippen LogP contribution in [0.15, 0.2) is 29.4 Å². The third-order valence-electron chi connectivity index (χ3n) is 6.14. The topological polar surface area (TPSA) is 66.4 Å². The third-order valence-corrected chi connectivity index (χ3v) is 9.20. The van der Waals surface area contributed by atoms with Gasteiger partial charge in [0.25, 0.3) is 0 Å². The quantitative estimate of drug-likeness (QED) is 0.593. The van der Waals surface area contributed by atoms with Gasteiger partial charge in [-0.2, -0.15) is 4.31 Å². The minimum atomic E-state index is -3.89. The molecule has 3 heterocycles. The van der Waals surface area contributed by atoms with Crippen LogP contribution in [-0.2, 0) is 22.9 Å². The van der Waals surface area contributed by atoms with Crippen LogP contribution in [0.5, 0.6) is 0 Å². The van der Waals surface area contributed by atoms with E-state index in [9.17, 15) is 17.2 Å². The molecule has 1 aromatic carbocycles. The Bertz CT molecular complexity index is 1250. The molecule has 0 amide bonds. The van der Waals surface area contributed by atoms with Crippen LogP contribution in [0, 0.1) is 17.6 Å². The van der Waals surface area contributed by atoms with Crippen molar-refractivity contribution in [2.24, 2.45) is 5.92 Å². The van der Waals surface area contributed by atoms with Crippen molar-refractivity contribution >= 4 is 37.4 Å². The second kappa shape index (κ2) is 7.75. The Labute approximate surface area is 183 Å². The monoisotopic (exact) mass is 464 g/mol. The summed E-state index contributed by atoms with van der Waals surface area (Å²) in [5.74, 6) is -0.700. The molecule has 31 heavy (non-hydrogen) atoms. The van der Waals surface area contributed by atoms with Gasteiger partial charge in [-0.05, 0) is 48.9 Å². The molecule has 1 aliphatic heterocycles. The maximum Gasteiger partial charge on any atom is 0.243 e. The van der Waals surface area contributed by atoms with Gasteiger partial charge in [0, 0.05) is 31.1 Å². The number of aryl methyl sites for hydroxylation is 1. The molecule has 0 radical (unpaired) electrons. The summed E-state index contributed by atoms with van der Waals surface area (Å²) in [4.78, 5) is 13.3. The zero-order chi connectivity index (χ0) is 21.8. The number of benzene rings is 1. The van der Waals surface area contributed by atoms with E-state index in [1.54, 1.807) is 17.7 Å². The maximum atomic E-state index is 13.6. The van der Waals surface area contributed by atoms with Gasteiger partial charge in [0.1, 0.15) is 17.0 Å². The Morgan fingerprint density at radius 3 is 2.61 bits per heavy atom. The van der Waals surface area contributed by atoms with Crippen molar-refractivity contribution in [3.63, 3.8) is 0 Å². The van der Waals surface area contributed by atoms with Crippen LogP contribution in [0.3, 0.4) is 0 Å². The summed E-state index contributed by atoms with van der Waals surface area (Å²) in [5.41, 5.74) is 1.34. The van der Waals surface area contributed by atoms with E-state index in [1.807, 2.05) is 0 Å². The lowest BCUT2D eigenvalue weighted by molar-refractivity contribution is 0.383. The second-order valence-electron chi connectivity index (χ2n) is 8.20. The highest BCUT2D eigenvalue weighted by molar-refractivity contribution is 7.89. The van der Waals surface area contributed by atoms with E-state index in [1.165, 1.54) is 14.7 Å². The first-order chi connectivity index (χ1) is 14.8. The molecule has 6 nitrogen and oxygen atoms in total. The molecule has 1 saturated heterocycles. The first-order valence-corrected chi connectivity index (χ1v) is 12.6. The Hall–Kier alpha value is -2.17. The molecular weight excluding hydrogens is 442 g/mol. The predicted octanol–water partition coefficient (Wildman–Crippen LogP) is 3.61. The Morgan fingerprint density at radius 1 is 1.10 bits per heavy atom. The molecule has 0 saturated carbocycles. The summed E-state index contributed by atoms with van der Waals surface area (Å²) in [7, 11) is -3.89. The number of thiophene rings is 1. The lowest BCUT2D eigenvalue weighted by atomic mass is 9.89. The summed E-state index contributed by atoms with van der Waals surface area (Å²) in [5, 5.41) is 1.10. The molecule has 0 N–H and O–H groups in total. The highest BCUT2D eigenvalue weighted by Gasteiger charge is 2.31. The molecule has 10 heteroatoms. The number of aromatic nitrogens is 2. The van der Waals surface area contributed by atoms with Crippen molar-refractivity contribution in [2.75, 3.05) is 31.1 Å². The molecular formula is C21H22F2N4O2S2. The first-order valence-electron chi connectivity index (χ1n) is 10.3. The number of anilines is 1. The Balaban J connectivity index is 1.40. The summed E-state index contributed by atoms with van der Waals surface area (Å²) >= 11 is 1.74. The fourth-order valence-corrected chi connectivity index (χ4v) is 7.20. The largest absolute Gasteiger partial charge is 0.353 e. The lowest BCUT2D eigenvalue weighted by Crippen LogP contribution is -2.49. The van der Waals surface area contributed by atoms with Crippen LogP contribution < -0.4 is 4.90 Å². The number of rotatable bonds is 3. The summed E-state index contributed by atoms with van der Waals surface area (Å²) in [6.45, 7) is 3.70. The van der Waals surface area contributed by atoms with E-state index in [2.05, 4.69) is 21.8 Å². The number of sulfonamides is 1. The minimum absolute atomic E-state index is 0.231. The molecule has 2 aliphatic rings. The van der Waals surface area contributed by atoms with Crippen LogP contribution in [0.4, 0.5) is 14.6 Å². The highest BCUT2D eigenvalue weighted by Crippen LogP contribution is 2.40. The van der Waals surface area contributed by atoms with Crippen LogP contribution >= 0.6 is 11.3 Å². The number of nitrogens with zero attached hydrogens (tertiary/aromatic N) is 4. The molecule has 3 aromatic rings. The van der Waals surface area contributed by atoms with Crippen molar-refractivity contribution in [3.05, 3.63) is 46.6 Å². The van der Waals surface area contributed by atoms with Crippen molar-refractivity contribution in [1.29, 1.82) is 0 Å². The van der Waals surface area contributed by atoms with Gasteiger partial charge in [0.05, 0.1) is 10.3 Å². The average Bonchev–Trinajstić information content (AvgIpc) is 3.13. The molecule has 5 rings (SSSR count). The lowest BCUT2D eigenvalue weighted by Gasteiger charge is -2.35. The third kappa shape index (κ3) is 3.60. The normalized spacial score (nSPS) is 20.2. The standard InChI is InChI=1S/C21H22F2N4O2S2/c1-13-2-4-15-18(10-13)30-21-19(15)20(24-12-25-21)26-6-8-27(9-7-26)31(28,29)14-3-5-16(22)17(23)11-14/h3,5,11-13H,2,4,6-10H2,1H3. The van der Waals surface area contributed by atoms with E-state index in [0.717, 1.165) is 53.5 Å². The molecule has 2 aromatic heterocycles. The second-order valence-corrected chi connectivity index (χ2v) is 11.2. The van der Waals surface area contributed by atoms with Crippen LogP contribution in [0.1, 0.15) is 23.8 Å². The number of hydrogen-bond acceptors (Lipinski definition) is 6. The number of fused-ring (bicyclic) bond motifs is 3. The molecule has 1 fully saturated rings. The van der Waals surface area contributed by atoms with Gasteiger partial charge in [-0.3, -0.25) is 0 Å². The van der Waals surface area contributed by atoms with Gasteiger partial charge in [0.15, 0.2) is 11.6 Å². The van der Waals surface area contributed by atoms with E-state index in [4.69, 9.17) is 0 Å². The predicted molar refractivity (Wildman–Crippen MR) is 116 cm³/mol. The van der Waals surface area contributed by atoms with Gasteiger partial charge in [0.2, 0.25) is 10.0 Å². The average molecular weight is 465 g/mol. The van der Waals surface area contributed by atoms with Gasteiger partial charge in [-0.15, -0.1) is 11.3 Å². The molecule has 0 spiro atoms. The first kappa shape index (κ1) is 20.7. The van der Waals surface area contributed by atoms with E-state index in [-0.39, 0.29) is 18.0 Å². The van der Waals surface area contributed by atoms with Crippen molar-refractivity contribution in [3.8, 4) is 0 Å².